The Kier molecular flexibility index (Phi) is 3.40. The van der Waals surface area contributed by atoms with Gasteiger partial charge in [0, 0.05) is 6.04 Å². The molecule has 2 unspecified atom stereocenters. The van der Waals surface area contributed by atoms with E-state index in [0.717, 1.165) is 5.56 Å². The summed E-state index contributed by atoms with van der Waals surface area (Å²) in [6, 6.07) is 4.34. The highest BCUT2D eigenvalue weighted by molar-refractivity contribution is 5.93. The van der Waals surface area contributed by atoms with E-state index in [-0.39, 0.29) is 17.6 Å². The lowest BCUT2D eigenvalue weighted by atomic mass is 10.0. The molecule has 1 amide bonds. The number of carbonyl (C=O) groups excluding carboxylic acids is 1. The first kappa shape index (κ1) is 12.0. The van der Waals surface area contributed by atoms with Crippen molar-refractivity contribution in [2.45, 2.75) is 13.0 Å². The lowest BCUT2D eigenvalue weighted by Crippen LogP contribution is -2.37. The molecule has 1 saturated heterocycles. The molecule has 0 spiro atoms. The van der Waals surface area contributed by atoms with Crippen LogP contribution in [0, 0.1) is 18.7 Å². The molecule has 92 valence electrons. The van der Waals surface area contributed by atoms with Crippen molar-refractivity contribution in [3.63, 3.8) is 0 Å². The van der Waals surface area contributed by atoms with Gasteiger partial charge in [0.2, 0.25) is 5.91 Å². The molecule has 0 bridgehead atoms. The zero-order valence-corrected chi connectivity index (χ0v) is 9.57. The van der Waals surface area contributed by atoms with Gasteiger partial charge in [-0.15, -0.1) is 0 Å². The van der Waals surface area contributed by atoms with Crippen LogP contribution in [0.3, 0.4) is 0 Å². The Morgan fingerprint density at radius 2 is 2.29 bits per heavy atom. The Morgan fingerprint density at radius 1 is 1.53 bits per heavy atom. The Balaban J connectivity index is 2.07. The van der Waals surface area contributed by atoms with Gasteiger partial charge in [-0.2, -0.15) is 0 Å². The van der Waals surface area contributed by atoms with Crippen molar-refractivity contribution in [1.82, 2.24) is 0 Å². The lowest BCUT2D eigenvalue weighted by molar-refractivity contribution is -0.120. The summed E-state index contributed by atoms with van der Waals surface area (Å²) in [5, 5.41) is 2.54. The maximum atomic E-state index is 13.5. The number of hydrogen-bond donors (Lipinski definition) is 2. The van der Waals surface area contributed by atoms with Crippen molar-refractivity contribution >= 4 is 11.6 Å². The number of amides is 1. The van der Waals surface area contributed by atoms with Gasteiger partial charge in [0.1, 0.15) is 5.82 Å². The number of ether oxygens (including phenoxy) is 1. The number of benzene rings is 1. The molecular formula is C12H15FN2O2. The lowest BCUT2D eigenvalue weighted by Gasteiger charge is -2.13. The second-order valence-electron chi connectivity index (χ2n) is 4.28. The van der Waals surface area contributed by atoms with Crippen molar-refractivity contribution in [3.05, 3.63) is 29.6 Å². The molecule has 1 heterocycles. The van der Waals surface area contributed by atoms with Gasteiger partial charge in [0.15, 0.2) is 0 Å². The van der Waals surface area contributed by atoms with Crippen molar-refractivity contribution in [1.29, 1.82) is 0 Å². The molecule has 5 heteroatoms. The van der Waals surface area contributed by atoms with Gasteiger partial charge < -0.3 is 15.8 Å². The average molecular weight is 238 g/mol. The van der Waals surface area contributed by atoms with Crippen LogP contribution < -0.4 is 11.1 Å². The molecule has 1 aliphatic heterocycles. The van der Waals surface area contributed by atoms with Gasteiger partial charge in [-0.1, -0.05) is 6.07 Å². The monoisotopic (exact) mass is 238 g/mol. The zero-order chi connectivity index (χ0) is 12.4. The molecule has 2 rings (SSSR count). The van der Waals surface area contributed by atoms with Gasteiger partial charge in [-0.3, -0.25) is 4.79 Å². The topological polar surface area (TPSA) is 64.3 Å². The summed E-state index contributed by atoms with van der Waals surface area (Å²) in [5.41, 5.74) is 6.70. The smallest absolute Gasteiger partial charge is 0.231 e. The molecule has 1 aromatic rings. The van der Waals surface area contributed by atoms with E-state index in [1.165, 1.54) is 6.07 Å². The number of halogens is 1. The van der Waals surface area contributed by atoms with E-state index in [1.54, 1.807) is 19.1 Å². The van der Waals surface area contributed by atoms with Crippen molar-refractivity contribution in [2.75, 3.05) is 18.5 Å². The van der Waals surface area contributed by atoms with Crippen LogP contribution in [0.1, 0.15) is 5.56 Å². The third-order valence-corrected chi connectivity index (χ3v) is 2.84. The third kappa shape index (κ3) is 2.62. The Bertz CT molecular complexity index is 437. The fraction of sp³-hybridized carbons (Fsp3) is 0.417. The van der Waals surface area contributed by atoms with Gasteiger partial charge in [-0.05, 0) is 24.6 Å². The van der Waals surface area contributed by atoms with E-state index in [2.05, 4.69) is 5.32 Å². The highest BCUT2D eigenvalue weighted by Crippen LogP contribution is 2.18. The minimum atomic E-state index is -0.439. The van der Waals surface area contributed by atoms with Crippen LogP contribution in [-0.4, -0.2) is 25.2 Å². The number of carbonyl (C=O) groups is 1. The number of rotatable bonds is 2. The average Bonchev–Trinajstić information content (AvgIpc) is 2.68. The van der Waals surface area contributed by atoms with Gasteiger partial charge in [0.25, 0.3) is 0 Å². The first-order valence-corrected chi connectivity index (χ1v) is 5.48. The highest BCUT2D eigenvalue weighted by Gasteiger charge is 2.31. The fourth-order valence-corrected chi connectivity index (χ4v) is 1.79. The summed E-state index contributed by atoms with van der Waals surface area (Å²) in [4.78, 5) is 11.8. The quantitative estimate of drug-likeness (QED) is 0.809. The number of nitrogens with one attached hydrogen (secondary N) is 1. The van der Waals surface area contributed by atoms with E-state index in [9.17, 15) is 9.18 Å². The molecule has 4 nitrogen and oxygen atoms in total. The standard InChI is InChI=1S/C12H15FN2O2/c1-7-2-3-11(9(13)4-7)15-12(16)8-5-17-6-10(8)14/h2-4,8,10H,5-6,14H2,1H3,(H,15,16). The molecule has 0 aromatic heterocycles. The van der Waals surface area contributed by atoms with Crippen LogP contribution >= 0.6 is 0 Å². The Morgan fingerprint density at radius 3 is 2.88 bits per heavy atom. The molecule has 1 aliphatic rings. The summed E-state index contributed by atoms with van der Waals surface area (Å²) >= 11 is 0. The molecule has 1 aromatic carbocycles. The van der Waals surface area contributed by atoms with Gasteiger partial charge in [0.05, 0.1) is 24.8 Å². The highest BCUT2D eigenvalue weighted by atomic mass is 19.1. The van der Waals surface area contributed by atoms with Gasteiger partial charge >= 0.3 is 0 Å². The zero-order valence-electron chi connectivity index (χ0n) is 9.57. The third-order valence-electron chi connectivity index (χ3n) is 2.84. The summed E-state index contributed by atoms with van der Waals surface area (Å²) in [5.74, 6) is -1.14. The Hall–Kier alpha value is -1.46. The predicted octanol–water partition coefficient (Wildman–Crippen LogP) is 1.05. The molecular weight excluding hydrogens is 223 g/mol. The molecule has 3 N–H and O–H groups in total. The molecule has 0 aliphatic carbocycles. The molecule has 17 heavy (non-hydrogen) atoms. The number of aryl methyl sites for hydroxylation is 1. The minimum Gasteiger partial charge on any atom is -0.379 e. The van der Waals surface area contributed by atoms with Crippen LogP contribution in [0.4, 0.5) is 10.1 Å². The van der Waals surface area contributed by atoms with Gasteiger partial charge in [-0.25, -0.2) is 4.39 Å². The Labute approximate surface area is 98.9 Å². The largest absolute Gasteiger partial charge is 0.379 e. The van der Waals surface area contributed by atoms with Crippen molar-refractivity contribution in [3.8, 4) is 0 Å². The second kappa shape index (κ2) is 4.81. The van der Waals surface area contributed by atoms with E-state index < -0.39 is 11.7 Å². The maximum Gasteiger partial charge on any atom is 0.231 e. The van der Waals surface area contributed by atoms with Crippen LogP contribution in [0.25, 0.3) is 0 Å². The van der Waals surface area contributed by atoms with Crippen LogP contribution in [0.15, 0.2) is 18.2 Å². The van der Waals surface area contributed by atoms with Crippen LogP contribution in [0.2, 0.25) is 0 Å². The molecule has 1 fully saturated rings. The van der Waals surface area contributed by atoms with E-state index >= 15 is 0 Å². The van der Waals surface area contributed by atoms with Crippen LogP contribution in [-0.2, 0) is 9.53 Å². The summed E-state index contributed by atoms with van der Waals surface area (Å²) in [6.07, 6.45) is 0. The van der Waals surface area contributed by atoms with Crippen molar-refractivity contribution in [2.24, 2.45) is 11.7 Å². The van der Waals surface area contributed by atoms with E-state index in [0.29, 0.717) is 13.2 Å². The second-order valence-corrected chi connectivity index (χ2v) is 4.28. The normalized spacial score (nSPS) is 23.7. The SMILES string of the molecule is Cc1ccc(NC(=O)C2COCC2N)c(F)c1. The summed E-state index contributed by atoms with van der Waals surface area (Å²) in [7, 11) is 0. The number of nitrogens with two attached hydrogens (primary N) is 1. The summed E-state index contributed by atoms with van der Waals surface area (Å²) < 4.78 is 18.6. The predicted molar refractivity (Wildman–Crippen MR) is 62.1 cm³/mol. The van der Waals surface area contributed by atoms with Crippen molar-refractivity contribution < 1.29 is 13.9 Å². The molecule has 0 radical (unpaired) electrons. The van der Waals surface area contributed by atoms with Crippen LogP contribution in [0.5, 0.6) is 0 Å². The first-order chi connectivity index (χ1) is 8.08. The van der Waals surface area contributed by atoms with E-state index in [4.69, 9.17) is 10.5 Å². The maximum absolute atomic E-state index is 13.5. The first-order valence-electron chi connectivity index (χ1n) is 5.48. The fourth-order valence-electron chi connectivity index (χ4n) is 1.79. The molecule has 2 atom stereocenters. The van der Waals surface area contributed by atoms with E-state index in [1.807, 2.05) is 0 Å². The number of anilines is 1. The minimum absolute atomic E-state index is 0.180. The summed E-state index contributed by atoms with van der Waals surface area (Å²) in [6.45, 7) is 2.45. The molecule has 0 saturated carbocycles. The number of hydrogen-bond acceptors (Lipinski definition) is 3.